The van der Waals surface area contributed by atoms with Crippen LogP contribution in [0.3, 0.4) is 0 Å². The van der Waals surface area contributed by atoms with Crippen LogP contribution in [0.15, 0.2) is 46.6 Å². The summed E-state index contributed by atoms with van der Waals surface area (Å²) in [7, 11) is 0. The number of rotatable bonds is 5. The molecule has 1 N–H and O–H groups in total. The summed E-state index contributed by atoms with van der Waals surface area (Å²) in [5.74, 6) is 0.251. The monoisotopic (exact) mass is 349 g/mol. The van der Waals surface area contributed by atoms with E-state index in [9.17, 15) is 10.1 Å². The van der Waals surface area contributed by atoms with E-state index >= 15 is 0 Å². The lowest BCUT2D eigenvalue weighted by Crippen LogP contribution is -2.29. The molecule has 1 aliphatic rings. The molecule has 0 unspecified atom stereocenters. The highest BCUT2D eigenvalue weighted by molar-refractivity contribution is 6.01. The van der Waals surface area contributed by atoms with Crippen LogP contribution < -0.4 is 10.2 Å². The molecule has 26 heavy (non-hydrogen) atoms. The zero-order chi connectivity index (χ0) is 18.4. The fourth-order valence-electron chi connectivity index (χ4n) is 3.15. The standard InChI is InChI=1S/C21H23N3O2/c1-16-12-19(24-9-3-2-4-10-24)8-7-17(16)13-18(14-22)21(25)23-15-20-6-5-11-26-20/h5-8,11-13H,2-4,9-10,15H2,1H3,(H,23,25)/b18-13+. The maximum atomic E-state index is 12.2. The second-order valence-electron chi connectivity index (χ2n) is 6.52. The Morgan fingerprint density at radius 3 is 2.77 bits per heavy atom. The first-order chi connectivity index (χ1) is 12.7. The van der Waals surface area contributed by atoms with E-state index in [0.29, 0.717) is 5.76 Å². The Morgan fingerprint density at radius 2 is 2.12 bits per heavy atom. The van der Waals surface area contributed by atoms with Crippen molar-refractivity contribution in [1.29, 1.82) is 5.26 Å². The SMILES string of the molecule is Cc1cc(N2CCCCC2)ccc1/C=C(\C#N)C(=O)NCc1ccco1. The molecule has 1 amide bonds. The van der Waals surface area contributed by atoms with Crippen LogP contribution in [0.25, 0.3) is 6.08 Å². The van der Waals surface area contributed by atoms with Crippen LogP contribution in [0, 0.1) is 18.3 Å². The summed E-state index contributed by atoms with van der Waals surface area (Å²) in [6.07, 6.45) is 6.96. The molecule has 0 atom stereocenters. The van der Waals surface area contributed by atoms with Crippen LogP contribution >= 0.6 is 0 Å². The maximum absolute atomic E-state index is 12.2. The molecule has 1 aromatic heterocycles. The third-order valence-electron chi connectivity index (χ3n) is 4.64. The molecule has 0 saturated carbocycles. The fourth-order valence-corrected chi connectivity index (χ4v) is 3.15. The predicted octanol–water partition coefficient (Wildman–Crippen LogP) is 3.80. The van der Waals surface area contributed by atoms with Crippen molar-refractivity contribution in [1.82, 2.24) is 5.32 Å². The summed E-state index contributed by atoms with van der Waals surface area (Å²) in [6.45, 7) is 4.45. The summed E-state index contributed by atoms with van der Waals surface area (Å²) >= 11 is 0. The minimum atomic E-state index is -0.400. The highest BCUT2D eigenvalue weighted by Crippen LogP contribution is 2.24. The predicted molar refractivity (Wildman–Crippen MR) is 101 cm³/mol. The van der Waals surface area contributed by atoms with Gasteiger partial charge in [0.1, 0.15) is 17.4 Å². The van der Waals surface area contributed by atoms with Crippen molar-refractivity contribution in [3.05, 3.63) is 59.1 Å². The molecule has 1 aromatic carbocycles. The van der Waals surface area contributed by atoms with Gasteiger partial charge in [0.25, 0.3) is 5.91 Å². The largest absolute Gasteiger partial charge is 0.467 e. The number of nitriles is 1. The molecule has 1 saturated heterocycles. The molecule has 0 aliphatic carbocycles. The lowest BCUT2D eigenvalue weighted by Gasteiger charge is -2.29. The third kappa shape index (κ3) is 4.34. The first-order valence-corrected chi connectivity index (χ1v) is 8.95. The minimum Gasteiger partial charge on any atom is -0.467 e. The van der Waals surface area contributed by atoms with Crippen LogP contribution in [0.1, 0.15) is 36.1 Å². The Morgan fingerprint density at radius 1 is 1.31 bits per heavy atom. The Kier molecular flexibility index (Phi) is 5.75. The number of benzene rings is 1. The van der Waals surface area contributed by atoms with E-state index < -0.39 is 5.91 Å². The number of aryl methyl sites for hydroxylation is 1. The first-order valence-electron chi connectivity index (χ1n) is 8.95. The number of anilines is 1. The molecule has 1 aliphatic heterocycles. The molecule has 1 fully saturated rings. The van der Waals surface area contributed by atoms with E-state index in [2.05, 4.69) is 22.3 Å². The van der Waals surface area contributed by atoms with E-state index in [1.54, 1.807) is 24.5 Å². The Hall–Kier alpha value is -3.00. The Labute approximate surface area is 153 Å². The van der Waals surface area contributed by atoms with E-state index in [4.69, 9.17) is 4.42 Å². The highest BCUT2D eigenvalue weighted by Gasteiger charge is 2.13. The summed E-state index contributed by atoms with van der Waals surface area (Å²) in [4.78, 5) is 14.6. The zero-order valence-corrected chi connectivity index (χ0v) is 15.0. The van der Waals surface area contributed by atoms with Crippen LogP contribution in [0.5, 0.6) is 0 Å². The quantitative estimate of drug-likeness (QED) is 0.658. The van der Waals surface area contributed by atoms with Gasteiger partial charge in [-0.1, -0.05) is 6.07 Å². The van der Waals surface area contributed by atoms with E-state index in [1.165, 1.54) is 24.9 Å². The topological polar surface area (TPSA) is 69.3 Å². The first kappa shape index (κ1) is 17.8. The van der Waals surface area contributed by atoms with Crippen LogP contribution in [0.2, 0.25) is 0 Å². The second-order valence-corrected chi connectivity index (χ2v) is 6.52. The van der Waals surface area contributed by atoms with Gasteiger partial charge in [-0.05, 0) is 67.7 Å². The molecule has 2 heterocycles. The number of amides is 1. The van der Waals surface area contributed by atoms with Crippen LogP contribution in [-0.2, 0) is 11.3 Å². The second kappa shape index (κ2) is 8.39. The number of carbonyl (C=O) groups is 1. The highest BCUT2D eigenvalue weighted by atomic mass is 16.3. The number of hydrogen-bond donors (Lipinski definition) is 1. The Balaban J connectivity index is 1.71. The fraction of sp³-hybridized carbons (Fsp3) is 0.333. The molecule has 5 nitrogen and oxygen atoms in total. The van der Waals surface area contributed by atoms with Gasteiger partial charge in [0.2, 0.25) is 0 Å². The third-order valence-corrected chi connectivity index (χ3v) is 4.64. The molecular formula is C21H23N3O2. The van der Waals surface area contributed by atoms with Crippen molar-refractivity contribution >= 4 is 17.7 Å². The molecule has 0 radical (unpaired) electrons. The van der Waals surface area contributed by atoms with Crippen molar-refractivity contribution in [3.63, 3.8) is 0 Å². The van der Waals surface area contributed by atoms with Gasteiger partial charge in [-0.2, -0.15) is 5.26 Å². The number of piperidine rings is 1. The molecular weight excluding hydrogens is 326 g/mol. The molecule has 3 rings (SSSR count). The van der Waals surface area contributed by atoms with Crippen molar-refractivity contribution in [2.24, 2.45) is 0 Å². The normalized spacial score (nSPS) is 14.8. The lowest BCUT2D eigenvalue weighted by molar-refractivity contribution is -0.117. The summed E-state index contributed by atoms with van der Waals surface area (Å²) in [5, 5.41) is 12.1. The summed E-state index contributed by atoms with van der Waals surface area (Å²) in [5.41, 5.74) is 3.24. The summed E-state index contributed by atoms with van der Waals surface area (Å²) in [6, 6.07) is 11.7. The minimum absolute atomic E-state index is 0.0883. The lowest BCUT2D eigenvalue weighted by atomic mass is 10.0. The zero-order valence-electron chi connectivity index (χ0n) is 15.0. The molecule has 0 bridgehead atoms. The van der Waals surface area contributed by atoms with E-state index in [0.717, 1.165) is 24.2 Å². The smallest absolute Gasteiger partial charge is 0.262 e. The average Bonchev–Trinajstić information content (AvgIpc) is 3.19. The molecule has 0 spiro atoms. The van der Waals surface area contributed by atoms with Crippen LogP contribution in [-0.4, -0.2) is 19.0 Å². The van der Waals surface area contributed by atoms with E-state index in [1.807, 2.05) is 19.1 Å². The van der Waals surface area contributed by atoms with Crippen molar-refractivity contribution in [2.45, 2.75) is 32.7 Å². The van der Waals surface area contributed by atoms with Gasteiger partial charge in [0.15, 0.2) is 0 Å². The van der Waals surface area contributed by atoms with Crippen molar-refractivity contribution in [3.8, 4) is 6.07 Å². The van der Waals surface area contributed by atoms with Gasteiger partial charge in [-0.15, -0.1) is 0 Å². The average molecular weight is 349 g/mol. The molecule has 5 heteroatoms. The van der Waals surface area contributed by atoms with Gasteiger partial charge in [0, 0.05) is 18.8 Å². The van der Waals surface area contributed by atoms with Gasteiger partial charge in [0.05, 0.1) is 12.8 Å². The van der Waals surface area contributed by atoms with Gasteiger partial charge in [-0.25, -0.2) is 0 Å². The van der Waals surface area contributed by atoms with Gasteiger partial charge >= 0.3 is 0 Å². The van der Waals surface area contributed by atoms with E-state index in [-0.39, 0.29) is 12.1 Å². The summed E-state index contributed by atoms with van der Waals surface area (Å²) < 4.78 is 5.18. The Bertz CT molecular complexity index is 825. The number of nitrogens with zero attached hydrogens (tertiary/aromatic N) is 2. The molecule has 2 aromatic rings. The molecule has 134 valence electrons. The maximum Gasteiger partial charge on any atom is 0.262 e. The number of carbonyl (C=O) groups excluding carboxylic acids is 1. The number of furan rings is 1. The number of nitrogens with one attached hydrogen (secondary N) is 1. The van der Waals surface area contributed by atoms with Crippen molar-refractivity contribution in [2.75, 3.05) is 18.0 Å². The van der Waals surface area contributed by atoms with Crippen LogP contribution in [0.4, 0.5) is 5.69 Å². The van der Waals surface area contributed by atoms with Crippen molar-refractivity contribution < 1.29 is 9.21 Å². The van der Waals surface area contributed by atoms with Gasteiger partial charge < -0.3 is 14.6 Å². The number of hydrogen-bond acceptors (Lipinski definition) is 4. The van der Waals surface area contributed by atoms with Gasteiger partial charge in [-0.3, -0.25) is 4.79 Å².